The van der Waals surface area contributed by atoms with Crippen molar-refractivity contribution in [3.63, 3.8) is 0 Å². The minimum Gasteiger partial charge on any atom is -0.394 e. The molecule has 0 atom stereocenters. The van der Waals surface area contributed by atoms with E-state index in [4.69, 9.17) is 19.3 Å². The normalized spacial score (nSPS) is 12.3. The number of aliphatic hydroxyl groups is 1. The topological polar surface area (TPSA) is 77.0 Å². The van der Waals surface area contributed by atoms with Crippen LogP contribution >= 0.6 is 11.3 Å². The zero-order chi connectivity index (χ0) is 20.9. The highest BCUT2D eigenvalue weighted by Gasteiger charge is 2.29. The van der Waals surface area contributed by atoms with Crippen molar-refractivity contribution in [2.24, 2.45) is 10.8 Å². The summed E-state index contributed by atoms with van der Waals surface area (Å²) in [7, 11) is 0. The summed E-state index contributed by atoms with van der Waals surface area (Å²) in [6.07, 6.45) is 1.92. The van der Waals surface area contributed by atoms with Crippen LogP contribution in [0.2, 0.25) is 0 Å². The number of carbonyl (C=O) groups excluding carboxylic acids is 1. The van der Waals surface area contributed by atoms with E-state index in [2.05, 4.69) is 33.0 Å². The van der Waals surface area contributed by atoms with Gasteiger partial charge in [-0.2, -0.15) is 11.3 Å². The molecule has 28 heavy (non-hydrogen) atoms. The fourth-order valence-electron chi connectivity index (χ4n) is 3.30. The first kappa shape index (κ1) is 25.0. The van der Waals surface area contributed by atoms with Crippen molar-refractivity contribution >= 4 is 17.2 Å². The van der Waals surface area contributed by atoms with E-state index in [1.165, 1.54) is 11.3 Å². The molecule has 0 saturated carbocycles. The van der Waals surface area contributed by atoms with Crippen LogP contribution in [-0.2, 0) is 14.2 Å². The average molecular weight is 416 g/mol. The Bertz CT molecular complexity index is 531. The lowest BCUT2D eigenvalue weighted by Crippen LogP contribution is -2.32. The van der Waals surface area contributed by atoms with Gasteiger partial charge in [0.15, 0.2) is 0 Å². The maximum atomic E-state index is 12.0. The van der Waals surface area contributed by atoms with Crippen LogP contribution in [0.1, 0.15) is 50.9 Å². The second-order valence-corrected chi connectivity index (χ2v) is 9.30. The van der Waals surface area contributed by atoms with Crippen LogP contribution in [0.4, 0.5) is 0 Å². The van der Waals surface area contributed by atoms with Crippen LogP contribution in [0.3, 0.4) is 0 Å². The zero-order valence-electron chi connectivity index (χ0n) is 17.8. The van der Waals surface area contributed by atoms with Crippen LogP contribution in [0.15, 0.2) is 16.8 Å². The van der Waals surface area contributed by atoms with Crippen molar-refractivity contribution in [1.82, 2.24) is 5.32 Å². The molecule has 0 spiro atoms. The smallest absolute Gasteiger partial charge is 0.252 e. The maximum Gasteiger partial charge on any atom is 0.252 e. The first-order valence-corrected chi connectivity index (χ1v) is 10.8. The summed E-state index contributed by atoms with van der Waals surface area (Å²) < 4.78 is 16.3. The quantitative estimate of drug-likeness (QED) is 0.405. The van der Waals surface area contributed by atoms with E-state index in [-0.39, 0.29) is 23.3 Å². The van der Waals surface area contributed by atoms with Gasteiger partial charge < -0.3 is 24.6 Å². The number of rotatable bonds is 16. The molecule has 1 amide bonds. The third kappa shape index (κ3) is 11.8. The van der Waals surface area contributed by atoms with Gasteiger partial charge in [-0.1, -0.05) is 27.7 Å². The molecule has 7 heteroatoms. The molecule has 2 N–H and O–H groups in total. The Hall–Kier alpha value is -0.990. The van der Waals surface area contributed by atoms with Gasteiger partial charge in [0.25, 0.3) is 5.91 Å². The Morgan fingerprint density at radius 2 is 1.68 bits per heavy atom. The lowest BCUT2D eigenvalue weighted by atomic mass is 9.74. The fourth-order valence-corrected chi connectivity index (χ4v) is 3.93. The number of ether oxygens (including phenoxy) is 3. The highest BCUT2D eigenvalue weighted by Crippen LogP contribution is 2.36. The first-order valence-electron chi connectivity index (χ1n) is 9.90. The molecule has 0 aromatic carbocycles. The molecular weight excluding hydrogens is 378 g/mol. The van der Waals surface area contributed by atoms with E-state index in [1.54, 1.807) is 0 Å². The molecule has 1 aromatic heterocycles. The van der Waals surface area contributed by atoms with Crippen LogP contribution < -0.4 is 5.32 Å². The Balaban J connectivity index is 2.15. The minimum absolute atomic E-state index is 0.00130. The Morgan fingerprint density at radius 1 is 1.04 bits per heavy atom. The summed E-state index contributed by atoms with van der Waals surface area (Å²) in [5.41, 5.74) is 0.888. The van der Waals surface area contributed by atoms with E-state index < -0.39 is 0 Å². The molecule has 6 nitrogen and oxygen atoms in total. The van der Waals surface area contributed by atoms with Crippen LogP contribution in [0, 0.1) is 10.8 Å². The number of aliphatic hydroxyl groups excluding tert-OH is 1. The number of nitrogens with one attached hydrogen (secondary N) is 1. The zero-order valence-corrected chi connectivity index (χ0v) is 18.6. The summed E-state index contributed by atoms with van der Waals surface area (Å²) in [6.45, 7) is 12.7. The first-order chi connectivity index (χ1) is 13.3. The van der Waals surface area contributed by atoms with Gasteiger partial charge >= 0.3 is 0 Å². The third-order valence-corrected chi connectivity index (χ3v) is 4.98. The lowest BCUT2D eigenvalue weighted by molar-refractivity contribution is -0.0147. The maximum absolute atomic E-state index is 12.0. The van der Waals surface area contributed by atoms with Gasteiger partial charge in [0.2, 0.25) is 0 Å². The van der Waals surface area contributed by atoms with E-state index in [9.17, 15) is 4.79 Å². The van der Waals surface area contributed by atoms with Crippen molar-refractivity contribution in [2.75, 3.05) is 52.8 Å². The molecule has 1 heterocycles. The van der Waals surface area contributed by atoms with Gasteiger partial charge in [-0.25, -0.2) is 0 Å². The second kappa shape index (κ2) is 13.3. The van der Waals surface area contributed by atoms with Gasteiger partial charge in [-0.05, 0) is 35.1 Å². The summed E-state index contributed by atoms with van der Waals surface area (Å²) in [5, 5.41) is 15.4. The average Bonchev–Trinajstić information content (AvgIpc) is 3.13. The van der Waals surface area contributed by atoms with Gasteiger partial charge in [-0.3, -0.25) is 4.79 Å². The third-order valence-electron chi connectivity index (χ3n) is 4.30. The molecule has 0 aliphatic carbocycles. The Kier molecular flexibility index (Phi) is 11.9. The predicted octanol–water partition coefficient (Wildman–Crippen LogP) is 3.35. The monoisotopic (exact) mass is 415 g/mol. The number of hydrogen-bond donors (Lipinski definition) is 2. The Labute approximate surface area is 173 Å². The molecule has 0 aliphatic rings. The summed E-state index contributed by atoms with van der Waals surface area (Å²) >= 11 is 1.53. The highest BCUT2D eigenvalue weighted by atomic mass is 32.1. The standard InChI is InChI=1S/C21H37NO5S/c1-20(2,6-7-22-19(24)18-5-14-28-15-18)16-21(3,4)17-27-13-12-26-11-10-25-9-8-23/h5,14-15,23H,6-13,16-17H2,1-4H3,(H,22,24). The van der Waals surface area contributed by atoms with Gasteiger partial charge in [0.1, 0.15) is 0 Å². The predicted molar refractivity (Wildman–Crippen MR) is 113 cm³/mol. The number of amides is 1. The minimum atomic E-state index is 0.00130. The molecule has 0 saturated heterocycles. The van der Waals surface area contributed by atoms with Crippen LogP contribution in [0.25, 0.3) is 0 Å². The largest absolute Gasteiger partial charge is 0.394 e. The van der Waals surface area contributed by atoms with Crippen LogP contribution in [-0.4, -0.2) is 63.8 Å². The molecule has 0 unspecified atom stereocenters. The summed E-state index contributed by atoms with van der Waals surface area (Å²) in [5.74, 6) is 0.00130. The molecule has 0 bridgehead atoms. The van der Waals surface area contributed by atoms with Crippen molar-refractivity contribution in [3.05, 3.63) is 22.4 Å². The Morgan fingerprint density at radius 3 is 2.29 bits per heavy atom. The van der Waals surface area contributed by atoms with Gasteiger partial charge in [0.05, 0.1) is 46.2 Å². The van der Waals surface area contributed by atoms with Gasteiger partial charge in [0, 0.05) is 17.5 Å². The van der Waals surface area contributed by atoms with E-state index in [0.717, 1.165) is 18.4 Å². The number of hydrogen-bond acceptors (Lipinski definition) is 6. The van der Waals surface area contributed by atoms with Crippen LogP contribution in [0.5, 0.6) is 0 Å². The SMILES string of the molecule is CC(C)(CCNC(=O)c1ccsc1)CC(C)(C)COCCOCCOCCO. The molecule has 1 aromatic rings. The second-order valence-electron chi connectivity index (χ2n) is 8.52. The fraction of sp³-hybridized carbons (Fsp3) is 0.762. The summed E-state index contributed by atoms with van der Waals surface area (Å²) in [4.78, 5) is 12.0. The number of thiophene rings is 1. The highest BCUT2D eigenvalue weighted by molar-refractivity contribution is 7.08. The molecular formula is C21H37NO5S. The van der Waals surface area contributed by atoms with Crippen molar-refractivity contribution in [2.45, 2.75) is 40.5 Å². The number of carbonyl (C=O) groups is 1. The molecule has 1 rings (SSSR count). The van der Waals surface area contributed by atoms with Gasteiger partial charge in [-0.15, -0.1) is 0 Å². The lowest BCUT2D eigenvalue weighted by Gasteiger charge is -2.35. The molecule has 162 valence electrons. The summed E-state index contributed by atoms with van der Waals surface area (Å²) in [6, 6.07) is 1.84. The van der Waals surface area contributed by atoms with E-state index in [0.29, 0.717) is 46.2 Å². The molecule has 0 aliphatic heterocycles. The van der Waals surface area contributed by atoms with E-state index in [1.807, 2.05) is 16.8 Å². The van der Waals surface area contributed by atoms with E-state index >= 15 is 0 Å². The molecule has 0 fully saturated rings. The van der Waals surface area contributed by atoms with Crippen molar-refractivity contribution in [3.8, 4) is 0 Å². The van der Waals surface area contributed by atoms with Crippen molar-refractivity contribution < 1.29 is 24.1 Å². The molecule has 0 radical (unpaired) electrons. The van der Waals surface area contributed by atoms with Crippen molar-refractivity contribution in [1.29, 1.82) is 0 Å².